The number of anilines is 4. The molecule has 3 N–H and O–H groups in total. The third kappa shape index (κ3) is 24.2. The summed E-state index contributed by atoms with van der Waals surface area (Å²) in [6, 6.07) is 37.5. The van der Waals surface area contributed by atoms with Gasteiger partial charge in [-0.05, 0) is 152 Å². The fourth-order valence-electron chi connectivity index (χ4n) is 8.96. The molecule has 5 aromatic rings. The van der Waals surface area contributed by atoms with Crippen molar-refractivity contribution in [2.75, 3.05) is 149 Å². The van der Waals surface area contributed by atoms with Gasteiger partial charge in [0.25, 0.3) is 0 Å². The first-order valence-corrected chi connectivity index (χ1v) is 34.4. The smallest absolute Gasteiger partial charge is 0.410 e. The molecule has 4 heterocycles. The zero-order valence-corrected chi connectivity index (χ0v) is 55.2. The molecule has 4 fully saturated rings. The summed E-state index contributed by atoms with van der Waals surface area (Å²) in [5, 5.41) is 16.0. The molecule has 0 spiro atoms. The number of carbonyl (C=O) groups excluding carboxylic acids is 2. The van der Waals surface area contributed by atoms with Crippen LogP contribution in [0.3, 0.4) is 0 Å². The van der Waals surface area contributed by atoms with Crippen molar-refractivity contribution in [2.45, 2.75) is 85.4 Å². The number of aliphatic hydroxyl groups excluding tert-OH is 1. The molecule has 456 valence electrons. The Morgan fingerprint density at radius 3 is 1.27 bits per heavy atom. The molecule has 0 aromatic heterocycles. The number of halogens is 2. The first-order chi connectivity index (χ1) is 39.4. The number of carbonyl (C=O) groups is 2. The summed E-state index contributed by atoms with van der Waals surface area (Å²) < 4.78 is 48.3. The lowest BCUT2D eigenvalue weighted by Gasteiger charge is -2.36. The zero-order chi connectivity index (χ0) is 60.7. The van der Waals surface area contributed by atoms with Gasteiger partial charge in [0.05, 0.1) is 6.10 Å². The Hall–Kier alpha value is -4.87. The maximum absolute atomic E-state index is 13.4. The van der Waals surface area contributed by atoms with Crippen molar-refractivity contribution in [3.05, 3.63) is 131 Å². The van der Waals surface area contributed by atoms with Gasteiger partial charge < -0.3 is 54.6 Å². The van der Waals surface area contributed by atoms with Gasteiger partial charge in [-0.1, -0.05) is 40.2 Å². The Balaban J connectivity index is 0.000000195. The first kappa shape index (κ1) is 68.9. The van der Waals surface area contributed by atoms with E-state index in [0.29, 0.717) is 31.7 Å². The third-order valence-electron chi connectivity index (χ3n) is 13.4. The number of piperazine rings is 4. The standard InChI is InChI=1S/C16H24N2O3S.C16H24N2O2S.C12H17FN2O.C11H16N2OS.C7H7BrS/c1-16(2,3)21-15(19)18-10-8-17(9-11-18)13-6-5-7-14(12-13)22(4)20;1-16(2,3)20-15(19)18-10-8-17(9-11-18)13-6-5-7-14(12-13)21-4;1-9(16)11-8-10(2-3-12(11)13)15-6-4-14-5-7-15;1-15(14)11-4-2-3-10(9-11)13-7-5-12-6-8-13;1-9-7-4-2-3-6(8)5-7/h5-7,12H,8-11H2,1-4H3;5-7,12H,8-11H2,1-4H3;2-3,8-9,14,16H,4-7H2,1H3;2-4,9,12H,5-8H2,1H3;2-5H,1H3. The second kappa shape index (κ2) is 34.3. The fourth-order valence-corrected chi connectivity index (χ4v) is 11.5. The maximum atomic E-state index is 13.4. The third-order valence-corrected chi connectivity index (χ3v) is 17.2. The average Bonchev–Trinajstić information content (AvgIpc) is 3.53. The summed E-state index contributed by atoms with van der Waals surface area (Å²) in [4.78, 5) is 41.0. The molecule has 4 saturated heterocycles. The summed E-state index contributed by atoms with van der Waals surface area (Å²) in [6.45, 7) is 26.6. The minimum absolute atomic E-state index is 0.208. The van der Waals surface area contributed by atoms with Crippen LogP contribution >= 0.6 is 39.5 Å². The summed E-state index contributed by atoms with van der Waals surface area (Å²) >= 11 is 6.89. The molecule has 15 nitrogen and oxygen atoms in total. The van der Waals surface area contributed by atoms with Crippen LogP contribution < -0.4 is 30.2 Å². The quantitative estimate of drug-likeness (QED) is 0.120. The van der Waals surface area contributed by atoms with Crippen molar-refractivity contribution in [3.8, 4) is 0 Å². The Morgan fingerprint density at radius 1 is 0.542 bits per heavy atom. The van der Waals surface area contributed by atoms with Crippen LogP contribution in [0.5, 0.6) is 0 Å². The number of benzene rings is 5. The molecule has 5 aromatic carbocycles. The highest BCUT2D eigenvalue weighted by Crippen LogP contribution is 2.27. The van der Waals surface area contributed by atoms with Gasteiger partial charge in [0.2, 0.25) is 0 Å². The van der Waals surface area contributed by atoms with E-state index in [9.17, 15) is 27.5 Å². The van der Waals surface area contributed by atoms with Crippen molar-refractivity contribution in [3.63, 3.8) is 0 Å². The largest absolute Gasteiger partial charge is 0.444 e. The summed E-state index contributed by atoms with van der Waals surface area (Å²) in [6.07, 6.45) is 6.33. The predicted molar refractivity (Wildman–Crippen MR) is 349 cm³/mol. The molecular weight excluding hydrogens is 1200 g/mol. The topological polar surface area (TPSA) is 150 Å². The lowest BCUT2D eigenvalue weighted by Crippen LogP contribution is -2.50. The molecule has 3 atom stereocenters. The molecule has 21 heteroatoms. The number of nitrogens with zero attached hydrogens (tertiary/aromatic N) is 6. The number of hydrogen-bond donors (Lipinski definition) is 3. The predicted octanol–water partition coefficient (Wildman–Crippen LogP) is 11.2. The van der Waals surface area contributed by atoms with Crippen molar-refractivity contribution in [1.82, 2.24) is 20.4 Å². The lowest BCUT2D eigenvalue weighted by atomic mass is 10.1. The number of hydrogen-bond acceptors (Lipinski definition) is 15. The molecule has 4 aliphatic rings. The molecule has 2 amide bonds. The lowest BCUT2D eigenvalue weighted by molar-refractivity contribution is 0.0230. The van der Waals surface area contributed by atoms with E-state index in [1.54, 1.807) is 64.9 Å². The summed E-state index contributed by atoms with van der Waals surface area (Å²) in [7, 11) is -1.87. The first-order valence-electron chi connectivity index (χ1n) is 28.1. The number of aliphatic hydroxyl groups is 1. The Kier molecular flexibility index (Phi) is 28.5. The van der Waals surface area contributed by atoms with Gasteiger partial charge >= 0.3 is 12.2 Å². The van der Waals surface area contributed by atoms with Crippen LogP contribution in [0.2, 0.25) is 0 Å². The van der Waals surface area contributed by atoms with Gasteiger partial charge in [-0.25, -0.2) is 14.0 Å². The van der Waals surface area contributed by atoms with E-state index in [1.807, 2.05) is 96.1 Å². The fraction of sp³-hybridized carbons (Fsp3) is 0.484. The van der Waals surface area contributed by atoms with Gasteiger partial charge in [-0.3, -0.25) is 8.42 Å². The van der Waals surface area contributed by atoms with Crippen LogP contribution in [-0.2, 0) is 31.1 Å². The van der Waals surface area contributed by atoms with Crippen molar-refractivity contribution in [1.29, 1.82) is 0 Å². The Labute approximate surface area is 515 Å². The Morgan fingerprint density at radius 2 is 0.904 bits per heavy atom. The average molecular weight is 1280 g/mol. The van der Waals surface area contributed by atoms with Gasteiger partial charge in [0, 0.05) is 191 Å². The monoisotopic (exact) mass is 1280 g/mol. The van der Waals surface area contributed by atoms with Crippen molar-refractivity contribution >= 4 is 96.0 Å². The number of amides is 2. The van der Waals surface area contributed by atoms with Gasteiger partial charge in [-0.15, -0.1) is 23.5 Å². The normalized spacial score (nSPS) is 16.7. The highest BCUT2D eigenvalue weighted by molar-refractivity contribution is 9.10. The van der Waals surface area contributed by atoms with Crippen LogP contribution in [0.25, 0.3) is 0 Å². The maximum Gasteiger partial charge on any atom is 0.410 e. The summed E-state index contributed by atoms with van der Waals surface area (Å²) in [5.74, 6) is -0.339. The van der Waals surface area contributed by atoms with E-state index in [-0.39, 0.29) is 18.0 Å². The van der Waals surface area contributed by atoms with Gasteiger partial charge in [0.15, 0.2) is 0 Å². The second-order valence-corrected chi connectivity index (χ2v) is 27.5. The minimum atomic E-state index is -0.981. The molecule has 83 heavy (non-hydrogen) atoms. The molecular formula is C62H88BrFN8O7S4. The SMILES string of the molecule is CC(O)c1cc(N2CCNCC2)ccc1F.CS(=O)c1cccc(N2CCN(C(=O)OC(C)(C)C)CC2)c1.CS(=O)c1cccc(N2CCNCC2)c1.CSc1cccc(Br)c1.CSc1cccc(N2CCN(C(=O)OC(C)(C)C)CC2)c1. The van der Waals surface area contributed by atoms with E-state index in [2.05, 4.69) is 101 Å². The zero-order valence-electron chi connectivity index (χ0n) is 50.3. The molecule has 0 radical (unpaired) electrons. The minimum Gasteiger partial charge on any atom is -0.444 e. The molecule has 9 rings (SSSR count). The highest BCUT2D eigenvalue weighted by Gasteiger charge is 2.28. The second-order valence-electron chi connectivity index (χ2n) is 22.0. The van der Waals surface area contributed by atoms with E-state index >= 15 is 0 Å². The van der Waals surface area contributed by atoms with E-state index < -0.39 is 38.9 Å². The van der Waals surface area contributed by atoms with E-state index in [4.69, 9.17) is 9.47 Å². The van der Waals surface area contributed by atoms with Gasteiger partial charge in [0.1, 0.15) is 17.0 Å². The van der Waals surface area contributed by atoms with Crippen molar-refractivity contribution in [2.24, 2.45) is 0 Å². The summed E-state index contributed by atoms with van der Waals surface area (Å²) in [5.41, 5.74) is 3.93. The van der Waals surface area contributed by atoms with Crippen LogP contribution in [0.15, 0.2) is 139 Å². The molecule has 0 aliphatic carbocycles. The number of ether oxygens (including phenoxy) is 2. The van der Waals surface area contributed by atoms with E-state index in [1.165, 1.54) is 27.2 Å². The van der Waals surface area contributed by atoms with Crippen LogP contribution in [0, 0.1) is 5.82 Å². The highest BCUT2D eigenvalue weighted by atomic mass is 79.9. The van der Waals surface area contributed by atoms with Crippen molar-refractivity contribution < 1.29 is 37.0 Å². The number of thioether (sulfide) groups is 2. The van der Waals surface area contributed by atoms with Crippen LogP contribution in [-0.4, -0.2) is 176 Å². The van der Waals surface area contributed by atoms with Crippen LogP contribution in [0.1, 0.15) is 60.1 Å². The van der Waals surface area contributed by atoms with Crippen LogP contribution in [0.4, 0.5) is 36.7 Å². The number of rotatable bonds is 9. The Bertz CT molecular complexity index is 2850. The van der Waals surface area contributed by atoms with E-state index in [0.717, 1.165) is 104 Å². The molecule has 4 aliphatic heterocycles. The molecule has 3 unspecified atom stereocenters. The van der Waals surface area contributed by atoms with Gasteiger partial charge in [-0.2, -0.15) is 0 Å². The molecule has 0 saturated carbocycles. The molecule has 0 bridgehead atoms. The number of nitrogens with one attached hydrogen (secondary N) is 2.